The second-order valence-corrected chi connectivity index (χ2v) is 3.27. The Hall–Kier alpha value is -0.830. The lowest BCUT2D eigenvalue weighted by Gasteiger charge is -2.17. The number of nitrogens with two attached hydrogens (primary N) is 2. The summed E-state index contributed by atoms with van der Waals surface area (Å²) in [7, 11) is 0. The average Bonchev–Trinajstić information content (AvgIpc) is 1.84. The smallest absolute Gasteiger partial charge is 0.237 e. The molecule has 1 atom stereocenters. The van der Waals surface area contributed by atoms with Gasteiger partial charge in [-0.05, 0) is 27.2 Å². The maximum Gasteiger partial charge on any atom is 0.237 e. The topological polar surface area (TPSA) is 69.1 Å². The fourth-order valence-corrected chi connectivity index (χ4v) is 0.517. The number of carbonyl (C=O) groups is 1. The van der Waals surface area contributed by atoms with Crippen molar-refractivity contribution in [3.8, 4) is 0 Å². The van der Waals surface area contributed by atoms with Crippen molar-refractivity contribution in [3.63, 3.8) is 0 Å². The molecule has 3 nitrogen and oxygen atoms in total. The van der Waals surface area contributed by atoms with Crippen LogP contribution in [0, 0.1) is 0 Å². The van der Waals surface area contributed by atoms with Gasteiger partial charge in [0.2, 0.25) is 5.91 Å². The first-order valence-electron chi connectivity index (χ1n) is 3.58. The quantitative estimate of drug-likeness (QED) is 0.586. The molecule has 0 aromatic heterocycles. The maximum absolute atomic E-state index is 10.7. The Balaban J connectivity index is 4.14. The van der Waals surface area contributed by atoms with E-state index in [1.54, 1.807) is 6.92 Å². The van der Waals surface area contributed by atoms with Crippen LogP contribution in [0.2, 0.25) is 0 Å². The van der Waals surface area contributed by atoms with Crippen molar-refractivity contribution < 1.29 is 4.79 Å². The van der Waals surface area contributed by atoms with Gasteiger partial charge in [0.1, 0.15) is 0 Å². The zero-order valence-corrected chi connectivity index (χ0v) is 7.35. The van der Waals surface area contributed by atoms with E-state index in [0.717, 1.165) is 5.57 Å². The van der Waals surface area contributed by atoms with Crippen LogP contribution in [-0.4, -0.2) is 11.4 Å². The molecular weight excluding hydrogens is 140 g/mol. The third kappa shape index (κ3) is 3.78. The molecule has 0 saturated carbocycles. The van der Waals surface area contributed by atoms with Gasteiger partial charge in [-0.25, -0.2) is 0 Å². The Labute approximate surface area is 67.4 Å². The van der Waals surface area contributed by atoms with Gasteiger partial charge in [0.05, 0.1) is 5.54 Å². The molecule has 11 heavy (non-hydrogen) atoms. The lowest BCUT2D eigenvalue weighted by Crippen LogP contribution is -2.48. The summed E-state index contributed by atoms with van der Waals surface area (Å²) < 4.78 is 0. The largest absolute Gasteiger partial charge is 0.368 e. The number of rotatable bonds is 3. The van der Waals surface area contributed by atoms with Crippen LogP contribution in [0.25, 0.3) is 0 Å². The number of carbonyl (C=O) groups excluding carboxylic acids is 1. The molecule has 0 aliphatic carbocycles. The van der Waals surface area contributed by atoms with E-state index in [1.807, 2.05) is 19.9 Å². The minimum absolute atomic E-state index is 0.463. The minimum Gasteiger partial charge on any atom is -0.368 e. The maximum atomic E-state index is 10.7. The number of primary amides is 1. The van der Waals surface area contributed by atoms with E-state index in [-0.39, 0.29) is 0 Å². The van der Waals surface area contributed by atoms with Gasteiger partial charge in [-0.1, -0.05) is 11.6 Å². The average molecular weight is 156 g/mol. The van der Waals surface area contributed by atoms with Gasteiger partial charge >= 0.3 is 0 Å². The van der Waals surface area contributed by atoms with Crippen LogP contribution in [0.4, 0.5) is 0 Å². The highest BCUT2D eigenvalue weighted by molar-refractivity contribution is 5.84. The van der Waals surface area contributed by atoms with Crippen LogP contribution in [-0.2, 0) is 4.79 Å². The summed E-state index contributed by atoms with van der Waals surface area (Å²) in [6.45, 7) is 5.54. The Bertz CT molecular complexity index is 179. The molecule has 0 saturated heterocycles. The molecule has 0 aliphatic rings. The highest BCUT2D eigenvalue weighted by atomic mass is 16.1. The first-order chi connectivity index (χ1) is 4.86. The molecule has 4 N–H and O–H groups in total. The summed E-state index contributed by atoms with van der Waals surface area (Å²) in [6, 6.07) is 0. The number of allylic oxidation sites excluding steroid dienone is 1. The van der Waals surface area contributed by atoms with E-state index in [0.29, 0.717) is 6.42 Å². The van der Waals surface area contributed by atoms with E-state index in [1.165, 1.54) is 0 Å². The van der Waals surface area contributed by atoms with Crippen LogP contribution >= 0.6 is 0 Å². The van der Waals surface area contributed by atoms with Crippen LogP contribution < -0.4 is 11.5 Å². The Morgan fingerprint density at radius 2 is 2.00 bits per heavy atom. The first-order valence-corrected chi connectivity index (χ1v) is 3.58. The lowest BCUT2D eigenvalue weighted by molar-refractivity contribution is -0.122. The van der Waals surface area contributed by atoms with Gasteiger partial charge in [-0.3, -0.25) is 4.79 Å². The van der Waals surface area contributed by atoms with Crippen LogP contribution in [0.3, 0.4) is 0 Å². The SMILES string of the molecule is CC(C)=CC[C@@](C)(N)C(N)=O. The normalized spacial score (nSPS) is 15.3. The van der Waals surface area contributed by atoms with Crippen molar-refractivity contribution in [2.24, 2.45) is 11.5 Å². The van der Waals surface area contributed by atoms with Crippen molar-refractivity contribution in [2.45, 2.75) is 32.7 Å². The van der Waals surface area contributed by atoms with Gasteiger partial charge in [0, 0.05) is 0 Å². The molecule has 0 fully saturated rings. The third-order valence-electron chi connectivity index (χ3n) is 1.50. The summed E-state index contributed by atoms with van der Waals surface area (Å²) in [6.07, 6.45) is 2.41. The van der Waals surface area contributed by atoms with Gasteiger partial charge < -0.3 is 11.5 Å². The van der Waals surface area contributed by atoms with E-state index < -0.39 is 11.4 Å². The highest BCUT2D eigenvalue weighted by Crippen LogP contribution is 2.07. The molecule has 0 bridgehead atoms. The number of hydrogen-bond donors (Lipinski definition) is 2. The van der Waals surface area contributed by atoms with Gasteiger partial charge in [-0.2, -0.15) is 0 Å². The van der Waals surface area contributed by atoms with Crippen LogP contribution in [0.5, 0.6) is 0 Å². The molecule has 0 aromatic rings. The molecule has 0 unspecified atom stereocenters. The minimum atomic E-state index is -0.905. The monoisotopic (exact) mass is 156 g/mol. The van der Waals surface area contributed by atoms with Gasteiger partial charge in [0.25, 0.3) is 0 Å². The number of amides is 1. The number of hydrogen-bond acceptors (Lipinski definition) is 2. The van der Waals surface area contributed by atoms with E-state index in [4.69, 9.17) is 11.5 Å². The molecule has 0 aliphatic heterocycles. The first kappa shape index (κ1) is 10.2. The fourth-order valence-electron chi connectivity index (χ4n) is 0.517. The summed E-state index contributed by atoms with van der Waals surface area (Å²) in [5.74, 6) is -0.463. The van der Waals surface area contributed by atoms with Crippen molar-refractivity contribution in [2.75, 3.05) is 0 Å². The standard InChI is InChI=1S/C8H16N2O/c1-6(2)4-5-8(3,10)7(9)11/h4H,5,10H2,1-3H3,(H2,9,11)/t8-/m1/s1. The lowest BCUT2D eigenvalue weighted by atomic mass is 9.97. The summed E-state index contributed by atoms with van der Waals surface area (Å²) in [5, 5.41) is 0. The summed E-state index contributed by atoms with van der Waals surface area (Å²) in [5.41, 5.74) is 10.9. The molecule has 0 heterocycles. The van der Waals surface area contributed by atoms with Crippen LogP contribution in [0.15, 0.2) is 11.6 Å². The molecule has 3 heteroatoms. The van der Waals surface area contributed by atoms with Crippen molar-refractivity contribution >= 4 is 5.91 Å². The van der Waals surface area contributed by atoms with Crippen LogP contribution in [0.1, 0.15) is 27.2 Å². The second kappa shape index (κ2) is 3.53. The molecule has 0 spiro atoms. The van der Waals surface area contributed by atoms with Gasteiger partial charge in [0.15, 0.2) is 0 Å². The molecule has 1 amide bonds. The Morgan fingerprint density at radius 3 is 2.27 bits per heavy atom. The highest BCUT2D eigenvalue weighted by Gasteiger charge is 2.23. The Morgan fingerprint density at radius 1 is 1.55 bits per heavy atom. The molecule has 0 aromatic carbocycles. The van der Waals surface area contributed by atoms with E-state index >= 15 is 0 Å². The fraction of sp³-hybridized carbons (Fsp3) is 0.625. The molecule has 64 valence electrons. The second-order valence-electron chi connectivity index (χ2n) is 3.27. The van der Waals surface area contributed by atoms with E-state index in [2.05, 4.69) is 0 Å². The zero-order chi connectivity index (χ0) is 9.07. The predicted octanol–water partition coefficient (Wildman–Crippen LogP) is 0.545. The van der Waals surface area contributed by atoms with E-state index in [9.17, 15) is 4.79 Å². The zero-order valence-electron chi connectivity index (χ0n) is 7.35. The molecule has 0 rings (SSSR count). The summed E-state index contributed by atoms with van der Waals surface area (Å²) in [4.78, 5) is 10.7. The third-order valence-corrected chi connectivity index (χ3v) is 1.50. The predicted molar refractivity (Wildman–Crippen MR) is 45.8 cm³/mol. The van der Waals surface area contributed by atoms with Gasteiger partial charge in [-0.15, -0.1) is 0 Å². The van der Waals surface area contributed by atoms with Crippen molar-refractivity contribution in [3.05, 3.63) is 11.6 Å². The van der Waals surface area contributed by atoms with Crippen molar-refractivity contribution in [1.82, 2.24) is 0 Å². The molecular formula is C8H16N2O. The van der Waals surface area contributed by atoms with Crippen molar-refractivity contribution in [1.29, 1.82) is 0 Å². The Kier molecular flexibility index (Phi) is 3.26. The summed E-state index contributed by atoms with van der Waals surface area (Å²) >= 11 is 0. The molecule has 0 radical (unpaired) electrons.